The molecule has 1 aromatic carbocycles. The number of hydrogen-bond acceptors (Lipinski definition) is 10. The molecular weight excluding hydrogens is 398 g/mol. The van der Waals surface area contributed by atoms with Gasteiger partial charge in [-0.25, -0.2) is 4.79 Å². The third kappa shape index (κ3) is 3.88. The number of thiophene rings is 1. The number of hydrogen-bond donors (Lipinski definition) is 1. The number of amides is 1. The third-order valence-corrected chi connectivity index (χ3v) is 4.39. The van der Waals surface area contributed by atoms with Gasteiger partial charge in [-0.2, -0.15) is 0 Å². The van der Waals surface area contributed by atoms with Crippen molar-refractivity contribution in [2.45, 2.75) is 20.8 Å². The maximum absolute atomic E-state index is 12.4. The van der Waals surface area contributed by atoms with E-state index >= 15 is 0 Å². The van der Waals surface area contributed by atoms with Crippen LogP contribution in [0.25, 0.3) is 10.1 Å². The zero-order chi connectivity index (χ0) is 21.2. The smallest absolute Gasteiger partial charge is 0.342 e. The Kier molecular flexibility index (Phi) is 5.88. The first kappa shape index (κ1) is 20.7. The Hall–Kier alpha value is -3.61. The van der Waals surface area contributed by atoms with Crippen molar-refractivity contribution in [3.8, 4) is 5.75 Å². The van der Waals surface area contributed by atoms with Crippen LogP contribution in [0.5, 0.6) is 5.75 Å². The van der Waals surface area contributed by atoms with E-state index in [1.165, 1.54) is 6.92 Å². The van der Waals surface area contributed by atoms with Gasteiger partial charge in [0.05, 0.1) is 32.6 Å². The van der Waals surface area contributed by atoms with Crippen molar-refractivity contribution in [1.82, 2.24) is 0 Å². The van der Waals surface area contributed by atoms with Crippen molar-refractivity contribution in [3.63, 3.8) is 0 Å². The summed E-state index contributed by atoms with van der Waals surface area (Å²) in [7, 11) is 0. The molecule has 0 saturated heterocycles. The molecule has 0 spiro atoms. The van der Waals surface area contributed by atoms with Crippen molar-refractivity contribution >= 4 is 55.6 Å². The van der Waals surface area contributed by atoms with Gasteiger partial charge in [-0.3, -0.25) is 29.8 Å². The number of carbonyl (C=O) groups excluding carboxylic acids is 3. The maximum Gasteiger partial charge on any atom is 0.342 e. The number of nitrogens with one attached hydrogen (secondary N) is 1. The van der Waals surface area contributed by atoms with Crippen LogP contribution in [0.3, 0.4) is 0 Å². The molecule has 28 heavy (non-hydrogen) atoms. The van der Waals surface area contributed by atoms with Crippen LogP contribution in [-0.4, -0.2) is 34.3 Å². The number of anilines is 1. The second-order valence-corrected chi connectivity index (χ2v) is 6.28. The highest BCUT2D eigenvalue weighted by molar-refractivity contribution is 7.24. The van der Waals surface area contributed by atoms with Crippen LogP contribution >= 0.6 is 11.3 Å². The van der Waals surface area contributed by atoms with Crippen molar-refractivity contribution in [2.24, 2.45) is 0 Å². The predicted molar refractivity (Wildman–Crippen MR) is 96.7 cm³/mol. The van der Waals surface area contributed by atoms with Crippen LogP contribution < -0.4 is 10.1 Å². The van der Waals surface area contributed by atoms with E-state index < -0.39 is 44.8 Å². The second-order valence-electron chi connectivity index (χ2n) is 5.26. The van der Waals surface area contributed by atoms with Crippen molar-refractivity contribution in [3.05, 3.63) is 31.9 Å². The minimum atomic E-state index is -0.983. The molecular formula is C15H13N3O9S. The lowest BCUT2D eigenvalue weighted by Crippen LogP contribution is -2.11. The molecule has 2 aromatic rings. The minimum Gasteiger partial charge on any atom is -0.462 e. The van der Waals surface area contributed by atoms with E-state index in [-0.39, 0.29) is 27.3 Å². The first-order valence-corrected chi connectivity index (χ1v) is 8.45. The van der Waals surface area contributed by atoms with Crippen molar-refractivity contribution in [1.29, 1.82) is 0 Å². The number of nitro benzene ring substituents is 2. The predicted octanol–water partition coefficient (Wildman–Crippen LogP) is 2.78. The highest BCUT2D eigenvalue weighted by Crippen LogP contribution is 2.49. The van der Waals surface area contributed by atoms with Crippen LogP contribution in [0.4, 0.5) is 16.4 Å². The summed E-state index contributed by atoms with van der Waals surface area (Å²) in [4.78, 5) is 56.4. The Labute approximate surface area is 160 Å². The monoisotopic (exact) mass is 411 g/mol. The van der Waals surface area contributed by atoms with Crippen molar-refractivity contribution < 1.29 is 33.7 Å². The standard InChI is InChI=1S/C15H13N3O9S/c1-4-26-15(21)11-10-8(17(22)23)5-9(18(24)25)12(27-7(3)20)13(10)28-14(11)16-6(2)19/h5H,4H2,1-3H3,(H,16,19). The van der Waals surface area contributed by atoms with Gasteiger partial charge in [0.2, 0.25) is 11.7 Å². The molecule has 1 amide bonds. The average molecular weight is 411 g/mol. The number of rotatable bonds is 6. The number of nitrogens with zero attached hydrogens (tertiary/aromatic N) is 2. The zero-order valence-electron chi connectivity index (χ0n) is 14.8. The highest BCUT2D eigenvalue weighted by atomic mass is 32.1. The maximum atomic E-state index is 12.4. The Morgan fingerprint density at radius 1 is 1.14 bits per heavy atom. The molecule has 1 aromatic heterocycles. The average Bonchev–Trinajstić information content (AvgIpc) is 2.92. The molecule has 12 nitrogen and oxygen atoms in total. The molecule has 0 bridgehead atoms. The van der Waals surface area contributed by atoms with E-state index in [9.17, 15) is 34.6 Å². The van der Waals surface area contributed by atoms with Gasteiger partial charge in [0.1, 0.15) is 10.6 Å². The molecule has 1 heterocycles. The first-order valence-electron chi connectivity index (χ1n) is 7.63. The van der Waals surface area contributed by atoms with E-state index in [0.717, 1.165) is 13.8 Å². The molecule has 0 fully saturated rings. The van der Waals surface area contributed by atoms with E-state index in [0.29, 0.717) is 17.4 Å². The molecule has 0 saturated carbocycles. The van der Waals surface area contributed by atoms with Crippen LogP contribution in [0.2, 0.25) is 0 Å². The van der Waals surface area contributed by atoms with Gasteiger partial charge >= 0.3 is 17.6 Å². The SMILES string of the molecule is CCOC(=O)c1c(NC(C)=O)sc2c(OC(C)=O)c([N+](=O)[O-])cc([N+](=O)[O-])c12. The lowest BCUT2D eigenvalue weighted by atomic mass is 10.1. The summed E-state index contributed by atoms with van der Waals surface area (Å²) in [5.41, 5.74) is -1.96. The normalized spacial score (nSPS) is 10.4. The summed E-state index contributed by atoms with van der Waals surface area (Å²) in [5.74, 6) is -3.05. The van der Waals surface area contributed by atoms with E-state index in [1.807, 2.05) is 0 Å². The number of non-ortho nitro benzene ring substituents is 1. The molecule has 0 aliphatic carbocycles. The van der Waals surface area contributed by atoms with Gasteiger partial charge in [0.15, 0.2) is 0 Å². The topological polar surface area (TPSA) is 168 Å². The summed E-state index contributed by atoms with van der Waals surface area (Å²) < 4.78 is 9.59. The Morgan fingerprint density at radius 3 is 2.21 bits per heavy atom. The molecule has 148 valence electrons. The Balaban J connectivity index is 3.05. The number of ether oxygens (including phenoxy) is 2. The number of benzene rings is 1. The molecule has 0 unspecified atom stereocenters. The minimum absolute atomic E-state index is 0.0622. The van der Waals surface area contributed by atoms with Crippen LogP contribution in [0.15, 0.2) is 6.07 Å². The summed E-state index contributed by atoms with van der Waals surface area (Å²) in [6, 6.07) is 0.591. The lowest BCUT2D eigenvalue weighted by molar-refractivity contribution is -0.393. The van der Waals surface area contributed by atoms with Gasteiger partial charge in [-0.05, 0) is 6.92 Å². The fraction of sp³-hybridized carbons (Fsp3) is 0.267. The second kappa shape index (κ2) is 7.96. The van der Waals surface area contributed by atoms with Gasteiger partial charge in [-0.15, -0.1) is 11.3 Å². The fourth-order valence-electron chi connectivity index (χ4n) is 2.39. The summed E-state index contributed by atoms with van der Waals surface area (Å²) in [5, 5.41) is 24.8. The molecule has 0 atom stereocenters. The quantitative estimate of drug-likeness (QED) is 0.325. The largest absolute Gasteiger partial charge is 0.462 e. The number of fused-ring (bicyclic) bond motifs is 1. The van der Waals surface area contributed by atoms with Gasteiger partial charge in [-0.1, -0.05) is 0 Å². The van der Waals surface area contributed by atoms with Gasteiger partial charge in [0, 0.05) is 13.8 Å². The first-order chi connectivity index (χ1) is 13.1. The number of nitro groups is 2. The Bertz CT molecular complexity index is 1030. The molecule has 0 radical (unpaired) electrons. The van der Waals surface area contributed by atoms with Crippen LogP contribution in [0.1, 0.15) is 31.1 Å². The highest BCUT2D eigenvalue weighted by Gasteiger charge is 2.35. The third-order valence-electron chi connectivity index (χ3n) is 3.28. The molecule has 0 aliphatic heterocycles. The number of carbonyl (C=O) groups is 3. The molecule has 2 rings (SSSR count). The summed E-state index contributed by atoms with van der Waals surface area (Å²) in [6.07, 6.45) is 0. The number of esters is 2. The van der Waals surface area contributed by atoms with Crippen LogP contribution in [-0.2, 0) is 14.3 Å². The summed E-state index contributed by atoms with van der Waals surface area (Å²) in [6.45, 7) is 3.58. The van der Waals surface area contributed by atoms with Crippen molar-refractivity contribution in [2.75, 3.05) is 11.9 Å². The summed E-state index contributed by atoms with van der Waals surface area (Å²) >= 11 is 0.619. The van der Waals surface area contributed by atoms with Crippen LogP contribution in [0, 0.1) is 20.2 Å². The molecule has 1 N–H and O–H groups in total. The zero-order valence-corrected chi connectivity index (χ0v) is 15.6. The van der Waals surface area contributed by atoms with E-state index in [1.54, 1.807) is 0 Å². The lowest BCUT2D eigenvalue weighted by Gasteiger charge is -2.06. The van der Waals surface area contributed by atoms with Gasteiger partial charge in [0.25, 0.3) is 5.69 Å². The fourth-order valence-corrected chi connectivity index (χ4v) is 3.62. The van der Waals surface area contributed by atoms with E-state index in [4.69, 9.17) is 9.47 Å². The van der Waals surface area contributed by atoms with E-state index in [2.05, 4.69) is 5.32 Å². The molecule has 0 aliphatic rings. The Morgan fingerprint density at radius 2 is 1.75 bits per heavy atom. The molecule has 13 heteroatoms. The van der Waals surface area contributed by atoms with Gasteiger partial charge < -0.3 is 14.8 Å².